The van der Waals surface area contributed by atoms with Crippen molar-refractivity contribution in [2.75, 3.05) is 25.1 Å². The van der Waals surface area contributed by atoms with Crippen LogP contribution in [0.2, 0.25) is 0 Å². The standard InChI is InChI=1S/C10H15N3O4/c1-16-8-4-13(3-2-6(8)11)10-12-7(5-17-10)9(14)15/h5-6,8H,2-4,11H2,1H3,(H,14,15). The quantitative estimate of drug-likeness (QED) is 0.763. The van der Waals surface area contributed by atoms with Gasteiger partial charge in [0.1, 0.15) is 6.26 Å². The number of carbonyl (C=O) groups is 1. The summed E-state index contributed by atoms with van der Waals surface area (Å²) in [6, 6.07) is 0.293. The number of oxazole rings is 1. The first-order valence-corrected chi connectivity index (χ1v) is 5.34. The van der Waals surface area contributed by atoms with Crippen LogP contribution in [-0.2, 0) is 4.74 Å². The Bertz CT molecular complexity index is 406. The predicted octanol–water partition coefficient (Wildman–Crippen LogP) is -0.0748. The maximum absolute atomic E-state index is 10.7. The molecule has 17 heavy (non-hydrogen) atoms. The zero-order valence-electron chi connectivity index (χ0n) is 9.50. The number of nitrogens with two attached hydrogens (primary N) is 1. The number of hydrogen-bond donors (Lipinski definition) is 2. The van der Waals surface area contributed by atoms with Crippen LogP contribution >= 0.6 is 0 Å². The van der Waals surface area contributed by atoms with Crippen molar-refractivity contribution in [2.45, 2.75) is 18.6 Å². The van der Waals surface area contributed by atoms with E-state index >= 15 is 0 Å². The molecule has 0 aromatic carbocycles. The minimum absolute atomic E-state index is 0.00911. The van der Waals surface area contributed by atoms with Gasteiger partial charge in [0.15, 0.2) is 5.69 Å². The van der Waals surface area contributed by atoms with Gasteiger partial charge < -0.3 is 24.9 Å². The van der Waals surface area contributed by atoms with E-state index in [4.69, 9.17) is 20.0 Å². The summed E-state index contributed by atoms with van der Waals surface area (Å²) in [6.07, 6.45) is 1.79. The number of aromatic nitrogens is 1. The van der Waals surface area contributed by atoms with Gasteiger partial charge in [0.25, 0.3) is 6.01 Å². The zero-order valence-corrected chi connectivity index (χ0v) is 9.50. The molecule has 7 nitrogen and oxygen atoms in total. The Balaban J connectivity index is 2.09. The molecule has 7 heteroatoms. The molecule has 2 heterocycles. The molecule has 3 N–H and O–H groups in total. The van der Waals surface area contributed by atoms with Crippen LogP contribution in [0.4, 0.5) is 6.01 Å². The maximum Gasteiger partial charge on any atom is 0.357 e. The van der Waals surface area contributed by atoms with E-state index in [1.807, 2.05) is 4.90 Å². The van der Waals surface area contributed by atoms with Crippen LogP contribution in [0.1, 0.15) is 16.9 Å². The number of piperidine rings is 1. The van der Waals surface area contributed by atoms with Gasteiger partial charge in [0.2, 0.25) is 0 Å². The summed E-state index contributed by atoms with van der Waals surface area (Å²) in [6.45, 7) is 1.23. The number of hydrogen-bond acceptors (Lipinski definition) is 6. The third-order valence-corrected chi connectivity index (χ3v) is 2.89. The van der Waals surface area contributed by atoms with Gasteiger partial charge in [-0.2, -0.15) is 4.98 Å². The van der Waals surface area contributed by atoms with Gasteiger partial charge in [0, 0.05) is 19.7 Å². The topological polar surface area (TPSA) is 102 Å². The van der Waals surface area contributed by atoms with Crippen LogP contribution in [0.25, 0.3) is 0 Å². The first-order valence-electron chi connectivity index (χ1n) is 5.34. The molecule has 1 aromatic heterocycles. The zero-order chi connectivity index (χ0) is 12.4. The number of carboxylic acids is 1. The van der Waals surface area contributed by atoms with Crippen LogP contribution < -0.4 is 10.6 Å². The van der Waals surface area contributed by atoms with Crippen LogP contribution in [0, 0.1) is 0 Å². The molecule has 1 fully saturated rings. The molecule has 0 saturated carbocycles. The molecule has 2 rings (SSSR count). The third-order valence-electron chi connectivity index (χ3n) is 2.89. The molecule has 0 spiro atoms. The fraction of sp³-hybridized carbons (Fsp3) is 0.600. The normalized spacial score (nSPS) is 24.9. The highest BCUT2D eigenvalue weighted by molar-refractivity contribution is 5.85. The summed E-state index contributed by atoms with van der Waals surface area (Å²) in [4.78, 5) is 16.4. The maximum atomic E-state index is 10.7. The second kappa shape index (κ2) is 4.72. The van der Waals surface area contributed by atoms with E-state index in [1.54, 1.807) is 7.11 Å². The number of carboxylic acid groups (broad SMARTS) is 1. The molecule has 1 aliphatic rings. The van der Waals surface area contributed by atoms with Crippen LogP contribution in [-0.4, -0.2) is 48.4 Å². The first-order chi connectivity index (χ1) is 8.11. The summed E-state index contributed by atoms with van der Waals surface area (Å²) in [5.41, 5.74) is 5.79. The smallest absolute Gasteiger partial charge is 0.357 e. The lowest BCUT2D eigenvalue weighted by atomic mass is 10.0. The fourth-order valence-corrected chi connectivity index (χ4v) is 1.87. The number of anilines is 1. The minimum Gasteiger partial charge on any atom is -0.476 e. The monoisotopic (exact) mass is 241 g/mol. The minimum atomic E-state index is -1.10. The summed E-state index contributed by atoms with van der Waals surface area (Å²) < 4.78 is 10.4. The van der Waals surface area contributed by atoms with Crippen LogP contribution in [0.5, 0.6) is 0 Å². The van der Waals surface area contributed by atoms with Crippen molar-refractivity contribution in [3.8, 4) is 0 Å². The van der Waals surface area contributed by atoms with Crippen molar-refractivity contribution in [1.29, 1.82) is 0 Å². The van der Waals surface area contributed by atoms with Gasteiger partial charge in [-0.15, -0.1) is 0 Å². The second-order valence-electron chi connectivity index (χ2n) is 3.99. The molecular weight excluding hydrogens is 226 g/mol. The predicted molar refractivity (Wildman–Crippen MR) is 59.1 cm³/mol. The van der Waals surface area contributed by atoms with E-state index in [1.165, 1.54) is 0 Å². The van der Waals surface area contributed by atoms with E-state index in [9.17, 15) is 4.79 Å². The highest BCUT2D eigenvalue weighted by Crippen LogP contribution is 2.20. The Morgan fingerprint density at radius 1 is 1.76 bits per heavy atom. The molecule has 2 atom stereocenters. The molecule has 0 radical (unpaired) electrons. The van der Waals surface area contributed by atoms with Gasteiger partial charge >= 0.3 is 5.97 Å². The molecule has 1 saturated heterocycles. The summed E-state index contributed by atoms with van der Waals surface area (Å²) in [7, 11) is 1.60. The van der Waals surface area contributed by atoms with Crippen molar-refractivity contribution in [1.82, 2.24) is 4.98 Å². The van der Waals surface area contributed by atoms with E-state index in [0.717, 1.165) is 12.7 Å². The lowest BCUT2D eigenvalue weighted by molar-refractivity contribution is 0.0690. The Morgan fingerprint density at radius 3 is 3.12 bits per heavy atom. The van der Waals surface area contributed by atoms with E-state index in [0.29, 0.717) is 19.1 Å². The lowest BCUT2D eigenvalue weighted by Crippen LogP contribution is -2.51. The van der Waals surface area contributed by atoms with Crippen molar-refractivity contribution < 1.29 is 19.1 Å². The van der Waals surface area contributed by atoms with Crippen LogP contribution in [0.15, 0.2) is 10.7 Å². The Morgan fingerprint density at radius 2 is 2.53 bits per heavy atom. The van der Waals surface area contributed by atoms with E-state index < -0.39 is 5.97 Å². The van der Waals surface area contributed by atoms with E-state index in [2.05, 4.69) is 4.98 Å². The summed E-state index contributed by atoms with van der Waals surface area (Å²) in [5, 5.41) is 8.75. The SMILES string of the molecule is COC1CN(c2nc(C(=O)O)co2)CCC1N. The highest BCUT2D eigenvalue weighted by Gasteiger charge is 2.29. The lowest BCUT2D eigenvalue weighted by Gasteiger charge is -2.34. The average molecular weight is 241 g/mol. The van der Waals surface area contributed by atoms with Gasteiger partial charge in [0.05, 0.1) is 12.6 Å². The molecule has 1 aromatic rings. The molecule has 0 bridgehead atoms. The molecule has 0 amide bonds. The number of aromatic carboxylic acids is 1. The van der Waals surface area contributed by atoms with Crippen molar-refractivity contribution in [3.05, 3.63) is 12.0 Å². The first kappa shape index (κ1) is 11.9. The van der Waals surface area contributed by atoms with Gasteiger partial charge in [-0.3, -0.25) is 0 Å². The number of methoxy groups -OCH3 is 1. The van der Waals surface area contributed by atoms with Gasteiger partial charge in [-0.1, -0.05) is 0 Å². The summed E-state index contributed by atoms with van der Waals surface area (Å²) >= 11 is 0. The molecule has 94 valence electrons. The highest BCUT2D eigenvalue weighted by atomic mass is 16.5. The third kappa shape index (κ3) is 2.40. The number of rotatable bonds is 3. The second-order valence-corrected chi connectivity index (χ2v) is 3.99. The van der Waals surface area contributed by atoms with Crippen molar-refractivity contribution in [3.63, 3.8) is 0 Å². The van der Waals surface area contributed by atoms with Crippen LogP contribution in [0.3, 0.4) is 0 Å². The molecular formula is C10H15N3O4. The largest absolute Gasteiger partial charge is 0.476 e. The molecule has 1 aliphatic heterocycles. The summed E-state index contributed by atoms with van der Waals surface area (Å²) in [5.74, 6) is -1.10. The van der Waals surface area contributed by atoms with Crippen molar-refractivity contribution in [2.24, 2.45) is 5.73 Å². The number of ether oxygens (including phenoxy) is 1. The van der Waals surface area contributed by atoms with Gasteiger partial charge in [-0.05, 0) is 6.42 Å². The fourth-order valence-electron chi connectivity index (χ4n) is 1.87. The number of nitrogens with zero attached hydrogens (tertiary/aromatic N) is 2. The molecule has 0 aliphatic carbocycles. The van der Waals surface area contributed by atoms with Gasteiger partial charge in [-0.25, -0.2) is 4.79 Å². The van der Waals surface area contributed by atoms with Crippen molar-refractivity contribution >= 4 is 12.0 Å². The van der Waals surface area contributed by atoms with E-state index in [-0.39, 0.29) is 17.8 Å². The average Bonchev–Trinajstić information content (AvgIpc) is 2.79. The Hall–Kier alpha value is -1.60. The Labute approximate surface area is 98.2 Å². The molecule has 2 unspecified atom stereocenters. The Kier molecular flexibility index (Phi) is 3.30.